The molecular weight excluding hydrogens is 550 g/mol. The van der Waals surface area contributed by atoms with Crippen LogP contribution in [-0.2, 0) is 0 Å². The van der Waals surface area contributed by atoms with Crippen LogP contribution in [0.5, 0.6) is 0 Å². The normalized spacial score (nSPS) is 13.8. The Kier molecular flexibility index (Phi) is 18.2. The fourth-order valence-corrected chi connectivity index (χ4v) is 4.26. The Labute approximate surface area is 215 Å². The van der Waals surface area contributed by atoms with Gasteiger partial charge in [-0.05, 0) is 16.1 Å². The van der Waals surface area contributed by atoms with Gasteiger partial charge >= 0.3 is 46.9 Å². The summed E-state index contributed by atoms with van der Waals surface area (Å²) in [6, 6.07) is 4.73. The zero-order valence-corrected chi connectivity index (χ0v) is 25.8. The van der Waals surface area contributed by atoms with E-state index in [2.05, 4.69) is 139 Å². The summed E-state index contributed by atoms with van der Waals surface area (Å²) in [5.41, 5.74) is 4.73. The van der Waals surface area contributed by atoms with E-state index in [9.17, 15) is 0 Å². The van der Waals surface area contributed by atoms with Gasteiger partial charge in [0.25, 0.3) is 0 Å². The first-order valence-electron chi connectivity index (χ1n) is 9.82. The molecule has 0 aromatic heterocycles. The van der Waals surface area contributed by atoms with Crippen molar-refractivity contribution in [2.75, 3.05) is 0 Å². The fourth-order valence-electron chi connectivity index (χ4n) is 1.51. The maximum Gasteiger partial charge on any atom is 2.00 e. The van der Waals surface area contributed by atoms with Crippen LogP contribution in [0.15, 0.2) is 47.9 Å². The Morgan fingerprint density at radius 3 is 0.889 bits per heavy atom. The minimum Gasteiger partial charge on any atom is -0.233 e. The summed E-state index contributed by atoms with van der Waals surface area (Å²) < 4.78 is 0. The average molecular weight is 596 g/mol. The van der Waals surface area contributed by atoms with E-state index in [4.69, 9.17) is 0 Å². The molecule has 0 rings (SSSR count). The van der Waals surface area contributed by atoms with Gasteiger partial charge < -0.3 is 0 Å². The quantitative estimate of drug-likeness (QED) is 0.151. The van der Waals surface area contributed by atoms with Crippen LogP contribution in [0.1, 0.15) is 0 Å². The third kappa shape index (κ3) is 38.3. The van der Waals surface area contributed by atoms with Crippen LogP contribution >= 0.6 is 0 Å². The second-order valence-electron chi connectivity index (χ2n) is 11.3. The van der Waals surface area contributed by atoms with Crippen molar-refractivity contribution < 1.29 is 46.9 Å². The van der Waals surface area contributed by atoms with Gasteiger partial charge in [-0.3, -0.25) is 0 Å². The molecule has 0 radical (unpaired) electrons. The molecule has 0 aliphatic rings. The maximum atomic E-state index is 2.36. The fraction of sp³-hybridized carbons (Fsp3) is 0.545. The largest absolute Gasteiger partial charge is 2.00 e. The Bertz CT molecular complexity index is 430. The molecule has 0 unspecified atom stereocenters. The number of hydrogen-bond acceptors (Lipinski definition) is 0. The van der Waals surface area contributed by atoms with Gasteiger partial charge in [-0.2, -0.15) is 12.2 Å². The van der Waals surface area contributed by atoms with Crippen LogP contribution in [0.25, 0.3) is 0 Å². The van der Waals surface area contributed by atoms with Crippen molar-refractivity contribution in [1.29, 1.82) is 0 Å². The van der Waals surface area contributed by atoms with Crippen LogP contribution in [0.4, 0.5) is 0 Å². The third-order valence-corrected chi connectivity index (χ3v) is 7.60. The molecule has 0 bridgehead atoms. The van der Waals surface area contributed by atoms with Crippen LogP contribution in [0.3, 0.4) is 0 Å². The second kappa shape index (κ2) is 15.0. The van der Waals surface area contributed by atoms with E-state index < -0.39 is 32.3 Å². The topological polar surface area (TPSA) is 0 Å². The molecular formula is C22H46Si4Yb. The van der Waals surface area contributed by atoms with Crippen molar-refractivity contribution in [3.8, 4) is 0 Å². The van der Waals surface area contributed by atoms with Crippen LogP contribution in [-0.4, -0.2) is 32.3 Å². The predicted octanol–water partition coefficient (Wildman–Crippen LogP) is 8.12. The standard InChI is InChI=1S/2C11H23Si2.Yb/c2*1-12(2,3)10-8-7-9-11-13(4,5)6;/h2*7-11H,1-6H3;/q2*-1;+2. The van der Waals surface area contributed by atoms with Crippen molar-refractivity contribution in [3.05, 3.63) is 59.9 Å². The molecule has 5 heteroatoms. The SMILES string of the molecule is C[Si](C)(C)C=CC=C[CH-][Si](C)(C)C.C[Si](C)(C)C=CC=C[CH-][Si](C)(C)C.[Yb+2]. The predicted molar refractivity (Wildman–Crippen MR) is 139 cm³/mol. The van der Waals surface area contributed by atoms with Gasteiger partial charge in [-0.15, -0.1) is 11.4 Å². The van der Waals surface area contributed by atoms with Crippen molar-refractivity contribution in [2.45, 2.75) is 78.6 Å². The number of rotatable bonds is 8. The van der Waals surface area contributed by atoms with Gasteiger partial charge in [0.2, 0.25) is 0 Å². The van der Waals surface area contributed by atoms with E-state index in [0.717, 1.165) is 0 Å². The Hall–Kier alpha value is 1.09. The summed E-state index contributed by atoms with van der Waals surface area (Å²) in [4.78, 5) is 0. The zero-order chi connectivity index (χ0) is 21.1. The first-order chi connectivity index (χ1) is 11.4. The van der Waals surface area contributed by atoms with Gasteiger partial charge in [-0.1, -0.05) is 78.6 Å². The summed E-state index contributed by atoms with van der Waals surface area (Å²) >= 11 is 0. The Morgan fingerprint density at radius 2 is 0.704 bits per heavy atom. The second-order valence-corrected chi connectivity index (χ2v) is 31.5. The van der Waals surface area contributed by atoms with Gasteiger partial charge in [0, 0.05) is 0 Å². The molecule has 0 aromatic rings. The Morgan fingerprint density at radius 1 is 0.444 bits per heavy atom. The smallest absolute Gasteiger partial charge is 0.233 e. The molecule has 0 fully saturated rings. The molecule has 27 heavy (non-hydrogen) atoms. The minimum absolute atomic E-state index is 0. The van der Waals surface area contributed by atoms with E-state index in [-0.39, 0.29) is 46.9 Å². The first kappa shape index (κ1) is 32.7. The summed E-state index contributed by atoms with van der Waals surface area (Å²) in [7, 11) is -3.95. The molecule has 0 aromatic carbocycles. The number of hydrogen-bond donors (Lipinski definition) is 0. The average Bonchev–Trinajstić information content (AvgIpc) is 2.33. The van der Waals surface area contributed by atoms with Gasteiger partial charge in [-0.25, -0.2) is 36.4 Å². The molecule has 0 aliphatic heterocycles. The summed E-state index contributed by atoms with van der Waals surface area (Å²) in [5.74, 6) is 0. The van der Waals surface area contributed by atoms with Crippen molar-refractivity contribution in [2.24, 2.45) is 0 Å². The molecule has 0 N–H and O–H groups in total. The van der Waals surface area contributed by atoms with Gasteiger partial charge in [0.15, 0.2) is 0 Å². The van der Waals surface area contributed by atoms with Gasteiger partial charge in [0.05, 0.1) is 16.1 Å². The Balaban J connectivity index is -0.000000411. The monoisotopic (exact) mass is 596 g/mol. The van der Waals surface area contributed by atoms with Crippen molar-refractivity contribution in [1.82, 2.24) is 0 Å². The molecule has 0 nitrogen and oxygen atoms in total. The van der Waals surface area contributed by atoms with Crippen LogP contribution in [0.2, 0.25) is 78.6 Å². The molecule has 0 saturated carbocycles. The molecule has 164 valence electrons. The van der Waals surface area contributed by atoms with Crippen molar-refractivity contribution in [3.63, 3.8) is 0 Å². The molecule has 0 aliphatic carbocycles. The summed E-state index contributed by atoms with van der Waals surface area (Å²) in [6.45, 7) is 28.2. The van der Waals surface area contributed by atoms with E-state index in [1.807, 2.05) is 0 Å². The molecule has 0 spiro atoms. The van der Waals surface area contributed by atoms with Crippen LogP contribution in [0, 0.1) is 59.0 Å². The van der Waals surface area contributed by atoms with Gasteiger partial charge in [0.1, 0.15) is 0 Å². The van der Waals surface area contributed by atoms with Crippen LogP contribution < -0.4 is 0 Å². The maximum absolute atomic E-state index is 2.36. The molecule has 0 heterocycles. The first-order valence-corrected chi connectivity index (χ1v) is 24.1. The molecule has 0 atom stereocenters. The van der Waals surface area contributed by atoms with Crippen molar-refractivity contribution >= 4 is 32.3 Å². The van der Waals surface area contributed by atoms with E-state index in [1.165, 1.54) is 0 Å². The van der Waals surface area contributed by atoms with E-state index in [0.29, 0.717) is 0 Å². The zero-order valence-electron chi connectivity index (χ0n) is 20.0. The number of allylic oxidation sites excluding steroid dienone is 6. The third-order valence-electron chi connectivity index (χ3n) is 2.83. The summed E-state index contributed by atoms with van der Waals surface area (Å²) in [6.07, 6.45) is 13.1. The molecule has 0 amide bonds. The minimum atomic E-state index is -0.987. The molecule has 0 saturated heterocycles. The van der Waals surface area contributed by atoms with E-state index in [1.54, 1.807) is 0 Å². The summed E-state index contributed by atoms with van der Waals surface area (Å²) in [5, 5.41) is 0. The van der Waals surface area contributed by atoms with E-state index >= 15 is 0 Å².